The summed E-state index contributed by atoms with van der Waals surface area (Å²) in [4.78, 5) is 10.8. The average Bonchev–Trinajstić information content (AvgIpc) is 2.19. The highest BCUT2D eigenvalue weighted by atomic mass is 19.4. The van der Waals surface area contributed by atoms with Crippen LogP contribution in [0.4, 0.5) is 18.9 Å². The summed E-state index contributed by atoms with van der Waals surface area (Å²) in [5, 5.41) is 8.47. The van der Waals surface area contributed by atoms with Crippen LogP contribution in [0.25, 0.3) is 0 Å². The Hall–Kier alpha value is -2.03. The average molecular weight is 214 g/mol. The minimum Gasteiger partial charge on any atom is -0.263 e. The molecule has 1 amide bonds. The lowest BCUT2D eigenvalue weighted by molar-refractivity contribution is -0.169. The van der Waals surface area contributed by atoms with Gasteiger partial charge < -0.3 is 0 Å². The summed E-state index contributed by atoms with van der Waals surface area (Å²) in [6, 6.07) is 6.92. The predicted molar refractivity (Wildman–Crippen MR) is 45.6 cm³/mol. The molecule has 0 aliphatic rings. The van der Waals surface area contributed by atoms with Gasteiger partial charge in [0.2, 0.25) is 0 Å². The second kappa shape index (κ2) is 4.00. The molecule has 0 fully saturated rings. The number of hydrogen-bond acceptors (Lipinski definition) is 2. The molecular weight excluding hydrogens is 209 g/mol. The lowest BCUT2D eigenvalue weighted by atomic mass is 10.3. The van der Waals surface area contributed by atoms with Crippen LogP contribution in [0.2, 0.25) is 0 Å². The zero-order valence-electron chi connectivity index (χ0n) is 7.32. The van der Waals surface area contributed by atoms with E-state index in [9.17, 15) is 18.0 Å². The maximum absolute atomic E-state index is 12.0. The van der Waals surface area contributed by atoms with Crippen molar-refractivity contribution < 1.29 is 18.0 Å². The fourth-order valence-corrected chi connectivity index (χ4v) is 0.924. The summed E-state index contributed by atoms with van der Waals surface area (Å²) in [5.74, 6) is -2.20. The van der Waals surface area contributed by atoms with Crippen LogP contribution in [0.5, 0.6) is 0 Å². The second-order valence-electron chi connectivity index (χ2n) is 2.57. The van der Waals surface area contributed by atoms with Gasteiger partial charge in [-0.15, -0.1) is 0 Å². The third kappa shape index (κ3) is 2.47. The van der Waals surface area contributed by atoms with Gasteiger partial charge in [0.15, 0.2) is 6.19 Å². The van der Waals surface area contributed by atoms with Crippen molar-refractivity contribution in [2.45, 2.75) is 6.18 Å². The number of alkyl halides is 3. The van der Waals surface area contributed by atoms with E-state index in [1.807, 2.05) is 0 Å². The van der Waals surface area contributed by atoms with Crippen LogP contribution >= 0.6 is 0 Å². The Labute approximate surface area is 83.3 Å². The highest BCUT2D eigenvalue weighted by Gasteiger charge is 2.43. The number of amides is 1. The van der Waals surface area contributed by atoms with Crippen molar-refractivity contribution in [3.63, 3.8) is 0 Å². The van der Waals surface area contributed by atoms with E-state index >= 15 is 0 Å². The molecular formula is C9H5F3N2O. The summed E-state index contributed by atoms with van der Waals surface area (Å²) < 4.78 is 36.1. The molecule has 0 heterocycles. The monoisotopic (exact) mass is 214 g/mol. The minimum absolute atomic E-state index is 0. The van der Waals surface area contributed by atoms with E-state index in [0.717, 1.165) is 0 Å². The van der Waals surface area contributed by atoms with E-state index in [-0.39, 0.29) is 10.6 Å². The van der Waals surface area contributed by atoms with Crippen LogP contribution in [-0.4, -0.2) is 12.1 Å². The Morgan fingerprint density at radius 1 is 1.27 bits per heavy atom. The molecule has 0 spiro atoms. The molecule has 78 valence electrons. The van der Waals surface area contributed by atoms with Gasteiger partial charge in [0.1, 0.15) is 0 Å². The molecule has 0 aromatic heterocycles. The number of rotatable bonds is 1. The number of hydrogen-bond donors (Lipinski definition) is 0. The molecule has 3 nitrogen and oxygen atoms in total. The summed E-state index contributed by atoms with van der Waals surface area (Å²) in [7, 11) is 0. The van der Waals surface area contributed by atoms with Crippen molar-refractivity contribution in [1.29, 1.82) is 5.26 Å². The summed E-state index contributed by atoms with van der Waals surface area (Å²) in [6.07, 6.45) is -3.86. The molecule has 6 heteroatoms. The van der Waals surface area contributed by atoms with Gasteiger partial charge in [0, 0.05) is 0 Å². The molecule has 0 bridgehead atoms. The smallest absolute Gasteiger partial charge is 0.263 e. The first-order chi connectivity index (χ1) is 6.96. The van der Waals surface area contributed by atoms with Crippen molar-refractivity contribution in [2.24, 2.45) is 0 Å². The molecule has 0 aliphatic carbocycles. The van der Waals surface area contributed by atoms with Crippen LogP contribution in [0, 0.1) is 11.5 Å². The zero-order valence-corrected chi connectivity index (χ0v) is 7.32. The predicted octanol–water partition coefficient (Wildman–Crippen LogP) is 2.06. The molecule has 0 saturated heterocycles. The van der Waals surface area contributed by atoms with Gasteiger partial charge in [-0.3, -0.25) is 4.79 Å². The van der Waals surface area contributed by atoms with Crippen LogP contribution in [0.1, 0.15) is 0 Å². The van der Waals surface area contributed by atoms with Crippen LogP contribution < -0.4 is 4.90 Å². The minimum atomic E-state index is -5.05. The SMILES string of the molecule is N#CN(C(=O)C(F)(F)F)c1ccccc1. The highest BCUT2D eigenvalue weighted by molar-refractivity contribution is 5.99. The molecule has 1 rings (SSSR count). The van der Waals surface area contributed by atoms with Crippen molar-refractivity contribution >= 4 is 11.6 Å². The topological polar surface area (TPSA) is 44.1 Å². The Bertz CT molecular complexity index is 394. The maximum Gasteiger partial charge on any atom is 0.472 e. The number of nitrogens with zero attached hydrogens (tertiary/aromatic N) is 2. The van der Waals surface area contributed by atoms with Crippen LogP contribution in [-0.2, 0) is 4.79 Å². The van der Waals surface area contributed by atoms with Crippen molar-refractivity contribution in [1.82, 2.24) is 0 Å². The molecule has 15 heavy (non-hydrogen) atoms. The number of para-hydroxylation sites is 1. The molecule has 0 aliphatic heterocycles. The molecule has 1 aromatic rings. The number of carbonyl (C=O) groups excluding carboxylic acids is 1. The van der Waals surface area contributed by atoms with Gasteiger partial charge in [-0.1, -0.05) is 18.2 Å². The first kappa shape index (κ1) is 11.0. The number of carbonyl (C=O) groups is 1. The van der Waals surface area contributed by atoms with Crippen LogP contribution in [0.15, 0.2) is 30.3 Å². The third-order valence-electron chi connectivity index (χ3n) is 1.56. The largest absolute Gasteiger partial charge is 0.472 e. The van der Waals surface area contributed by atoms with E-state index in [2.05, 4.69) is 0 Å². The Morgan fingerprint density at radius 2 is 1.80 bits per heavy atom. The van der Waals surface area contributed by atoms with E-state index < -0.39 is 12.1 Å². The second-order valence-corrected chi connectivity index (χ2v) is 2.57. The summed E-state index contributed by atoms with van der Waals surface area (Å²) in [5.41, 5.74) is -0.109. The summed E-state index contributed by atoms with van der Waals surface area (Å²) in [6.45, 7) is 0. The first-order valence-electron chi connectivity index (χ1n) is 3.83. The fraction of sp³-hybridized carbons (Fsp3) is 0.111. The molecule has 0 radical (unpaired) electrons. The third-order valence-corrected chi connectivity index (χ3v) is 1.56. The fourth-order valence-electron chi connectivity index (χ4n) is 0.924. The molecule has 0 atom stereocenters. The normalized spacial score (nSPS) is 10.5. The van der Waals surface area contributed by atoms with Crippen molar-refractivity contribution in [2.75, 3.05) is 4.90 Å². The Balaban J connectivity index is 3.03. The highest BCUT2D eigenvalue weighted by Crippen LogP contribution is 2.22. The number of anilines is 1. The van der Waals surface area contributed by atoms with E-state index in [4.69, 9.17) is 5.26 Å². The van der Waals surface area contributed by atoms with Gasteiger partial charge in [0.25, 0.3) is 0 Å². The lowest BCUT2D eigenvalue weighted by Gasteiger charge is -2.14. The number of nitriles is 1. The van der Waals surface area contributed by atoms with Gasteiger partial charge in [-0.2, -0.15) is 18.4 Å². The van der Waals surface area contributed by atoms with E-state index in [0.29, 0.717) is 0 Å². The van der Waals surface area contributed by atoms with Crippen molar-refractivity contribution in [3.05, 3.63) is 30.3 Å². The van der Waals surface area contributed by atoms with Gasteiger partial charge >= 0.3 is 12.1 Å². The molecule has 0 saturated carbocycles. The Kier molecular flexibility index (Phi) is 2.95. The van der Waals surface area contributed by atoms with E-state index in [1.165, 1.54) is 30.5 Å². The quantitative estimate of drug-likeness (QED) is 0.530. The van der Waals surface area contributed by atoms with Crippen molar-refractivity contribution in [3.8, 4) is 6.19 Å². The molecule has 0 unspecified atom stereocenters. The number of halogens is 3. The first-order valence-corrected chi connectivity index (χ1v) is 3.83. The molecule has 1 aromatic carbocycles. The summed E-state index contributed by atoms with van der Waals surface area (Å²) >= 11 is 0. The lowest BCUT2D eigenvalue weighted by Crippen LogP contribution is -2.38. The van der Waals surface area contributed by atoms with Gasteiger partial charge in [0.05, 0.1) is 5.69 Å². The number of benzene rings is 1. The maximum atomic E-state index is 12.0. The molecule has 0 N–H and O–H groups in total. The zero-order chi connectivity index (χ0) is 11.5. The van der Waals surface area contributed by atoms with Crippen LogP contribution in [0.3, 0.4) is 0 Å². The van der Waals surface area contributed by atoms with Gasteiger partial charge in [-0.05, 0) is 12.1 Å². The Morgan fingerprint density at radius 3 is 2.20 bits per heavy atom. The van der Waals surface area contributed by atoms with Gasteiger partial charge in [-0.25, -0.2) is 4.90 Å². The van der Waals surface area contributed by atoms with E-state index in [1.54, 1.807) is 6.07 Å². The standard InChI is InChI=1S/C9H5F3N2O/c10-9(11,12)8(15)14(6-13)7-4-2-1-3-5-7/h1-5H.